The van der Waals surface area contributed by atoms with Gasteiger partial charge in [-0.25, -0.2) is 4.98 Å². The zero-order valence-electron chi connectivity index (χ0n) is 12.7. The van der Waals surface area contributed by atoms with E-state index in [1.165, 1.54) is 30.6 Å². The first kappa shape index (κ1) is 14.3. The summed E-state index contributed by atoms with van der Waals surface area (Å²) >= 11 is 1.47. The highest BCUT2D eigenvalue weighted by molar-refractivity contribution is 7.15. The molecule has 0 radical (unpaired) electrons. The van der Waals surface area contributed by atoms with Gasteiger partial charge in [0.05, 0.1) is 18.3 Å². The molecule has 0 aliphatic heterocycles. The SMILES string of the molecule is Cc1cncc2nc(CC(=O)Nc3nnc(C4CCC4)s3)cn12. The Balaban J connectivity index is 1.44. The number of nitrogens with zero attached hydrogens (tertiary/aromatic N) is 5. The quantitative estimate of drug-likeness (QED) is 0.794. The van der Waals surface area contributed by atoms with Crippen LogP contribution in [0.2, 0.25) is 0 Å². The highest BCUT2D eigenvalue weighted by Crippen LogP contribution is 2.38. The lowest BCUT2D eigenvalue weighted by molar-refractivity contribution is -0.115. The second-order valence-electron chi connectivity index (χ2n) is 5.81. The van der Waals surface area contributed by atoms with Crippen molar-refractivity contribution in [3.05, 3.63) is 35.0 Å². The molecule has 8 heteroatoms. The molecule has 3 aromatic rings. The number of hydrogen-bond donors (Lipinski definition) is 1. The van der Waals surface area contributed by atoms with Gasteiger partial charge in [0.15, 0.2) is 5.65 Å². The van der Waals surface area contributed by atoms with Crippen LogP contribution in [0.5, 0.6) is 0 Å². The summed E-state index contributed by atoms with van der Waals surface area (Å²) in [7, 11) is 0. The summed E-state index contributed by atoms with van der Waals surface area (Å²) < 4.78 is 1.93. The van der Waals surface area contributed by atoms with E-state index >= 15 is 0 Å². The number of aryl methyl sites for hydroxylation is 1. The Kier molecular flexibility index (Phi) is 3.53. The number of imidazole rings is 1. The van der Waals surface area contributed by atoms with Crippen molar-refractivity contribution in [2.45, 2.75) is 38.5 Å². The molecule has 0 saturated heterocycles. The number of rotatable bonds is 4. The maximum Gasteiger partial charge on any atom is 0.232 e. The lowest BCUT2D eigenvalue weighted by Gasteiger charge is -2.21. The van der Waals surface area contributed by atoms with E-state index in [0.29, 0.717) is 16.7 Å². The molecule has 1 aliphatic carbocycles. The monoisotopic (exact) mass is 328 g/mol. The van der Waals surface area contributed by atoms with Gasteiger partial charge >= 0.3 is 0 Å². The zero-order chi connectivity index (χ0) is 15.8. The van der Waals surface area contributed by atoms with Gasteiger partial charge in [-0.1, -0.05) is 17.8 Å². The van der Waals surface area contributed by atoms with Crippen LogP contribution in [0, 0.1) is 6.92 Å². The molecule has 1 saturated carbocycles. The molecule has 0 spiro atoms. The summed E-state index contributed by atoms with van der Waals surface area (Å²) in [6, 6.07) is 0. The van der Waals surface area contributed by atoms with Gasteiger partial charge in [-0.05, 0) is 19.8 Å². The first-order valence-corrected chi connectivity index (χ1v) is 8.42. The van der Waals surface area contributed by atoms with Crippen LogP contribution in [0.25, 0.3) is 5.65 Å². The third-order valence-electron chi connectivity index (χ3n) is 4.10. The smallest absolute Gasteiger partial charge is 0.232 e. The molecule has 7 nitrogen and oxygen atoms in total. The molecular weight excluding hydrogens is 312 g/mol. The van der Waals surface area contributed by atoms with E-state index in [1.54, 1.807) is 12.4 Å². The van der Waals surface area contributed by atoms with E-state index in [4.69, 9.17) is 0 Å². The fourth-order valence-electron chi connectivity index (χ4n) is 2.61. The summed E-state index contributed by atoms with van der Waals surface area (Å²) in [6.07, 6.45) is 9.14. The van der Waals surface area contributed by atoms with E-state index in [9.17, 15) is 4.79 Å². The Morgan fingerprint density at radius 1 is 1.39 bits per heavy atom. The summed E-state index contributed by atoms with van der Waals surface area (Å²) in [5, 5.41) is 12.6. The molecule has 0 bridgehead atoms. The number of hydrogen-bond acceptors (Lipinski definition) is 6. The molecule has 1 aliphatic rings. The minimum atomic E-state index is -0.129. The second kappa shape index (κ2) is 5.69. The van der Waals surface area contributed by atoms with Gasteiger partial charge in [0.25, 0.3) is 0 Å². The standard InChI is InChI=1S/C15H16N6OS/c1-9-6-16-7-12-17-11(8-21(9)12)5-13(22)18-15-20-19-14(23-15)10-3-2-4-10/h6-8,10H,2-5H2,1H3,(H,18,20,22). The number of anilines is 1. The largest absolute Gasteiger partial charge is 0.301 e. The van der Waals surface area contributed by atoms with Crippen molar-refractivity contribution in [3.8, 4) is 0 Å². The molecule has 118 valence electrons. The lowest BCUT2D eigenvalue weighted by Crippen LogP contribution is -2.14. The van der Waals surface area contributed by atoms with E-state index < -0.39 is 0 Å². The van der Waals surface area contributed by atoms with Crippen molar-refractivity contribution in [3.63, 3.8) is 0 Å². The number of aromatic nitrogens is 5. The molecule has 3 aromatic heterocycles. The minimum absolute atomic E-state index is 0.129. The van der Waals surface area contributed by atoms with Crippen LogP contribution in [0.1, 0.15) is 41.6 Å². The van der Waals surface area contributed by atoms with Crippen molar-refractivity contribution in [1.82, 2.24) is 24.6 Å². The van der Waals surface area contributed by atoms with Crippen molar-refractivity contribution in [2.75, 3.05) is 5.32 Å². The summed E-state index contributed by atoms with van der Waals surface area (Å²) in [6.45, 7) is 1.95. The van der Waals surface area contributed by atoms with Crippen LogP contribution in [0.15, 0.2) is 18.6 Å². The normalized spacial score (nSPS) is 14.8. The average Bonchev–Trinajstić information content (AvgIpc) is 3.04. The third kappa shape index (κ3) is 2.81. The highest BCUT2D eigenvalue weighted by Gasteiger charge is 2.23. The predicted octanol–water partition coefficient (Wildman–Crippen LogP) is 2.34. The van der Waals surface area contributed by atoms with E-state index in [0.717, 1.165) is 16.3 Å². The first-order valence-electron chi connectivity index (χ1n) is 7.61. The number of amides is 1. The Bertz CT molecular complexity index is 866. The van der Waals surface area contributed by atoms with Gasteiger partial charge in [0, 0.05) is 24.0 Å². The Morgan fingerprint density at radius 3 is 3.00 bits per heavy atom. The number of fused-ring (bicyclic) bond motifs is 1. The third-order valence-corrected chi connectivity index (χ3v) is 5.10. The van der Waals surface area contributed by atoms with Crippen LogP contribution in [-0.4, -0.2) is 30.5 Å². The van der Waals surface area contributed by atoms with Crippen molar-refractivity contribution < 1.29 is 4.79 Å². The summed E-state index contributed by atoms with van der Waals surface area (Å²) in [5.74, 6) is 0.405. The first-order chi connectivity index (χ1) is 11.2. The van der Waals surface area contributed by atoms with Gasteiger partial charge in [0.2, 0.25) is 11.0 Å². The second-order valence-corrected chi connectivity index (χ2v) is 6.82. The Hall–Kier alpha value is -2.35. The van der Waals surface area contributed by atoms with E-state index in [-0.39, 0.29) is 12.3 Å². The summed E-state index contributed by atoms with van der Waals surface area (Å²) in [4.78, 5) is 20.7. The number of carbonyl (C=O) groups is 1. The van der Waals surface area contributed by atoms with Crippen molar-refractivity contribution >= 4 is 28.0 Å². The van der Waals surface area contributed by atoms with Gasteiger partial charge in [0.1, 0.15) is 5.01 Å². The minimum Gasteiger partial charge on any atom is -0.301 e. The average molecular weight is 328 g/mol. The van der Waals surface area contributed by atoms with E-state index in [2.05, 4.69) is 25.5 Å². The topological polar surface area (TPSA) is 85.1 Å². The molecular formula is C15H16N6OS. The molecule has 0 unspecified atom stereocenters. The zero-order valence-corrected chi connectivity index (χ0v) is 13.5. The van der Waals surface area contributed by atoms with Gasteiger partial charge in [-0.3, -0.25) is 9.78 Å². The van der Waals surface area contributed by atoms with Crippen LogP contribution in [0.3, 0.4) is 0 Å². The molecule has 0 aromatic carbocycles. The summed E-state index contributed by atoms with van der Waals surface area (Å²) in [5.41, 5.74) is 2.44. The maximum atomic E-state index is 12.2. The van der Waals surface area contributed by atoms with Gasteiger partial charge in [-0.15, -0.1) is 10.2 Å². The van der Waals surface area contributed by atoms with Crippen LogP contribution >= 0.6 is 11.3 Å². The van der Waals surface area contributed by atoms with Gasteiger partial charge < -0.3 is 9.72 Å². The highest BCUT2D eigenvalue weighted by atomic mass is 32.1. The molecule has 1 N–H and O–H groups in total. The van der Waals surface area contributed by atoms with Crippen molar-refractivity contribution in [2.24, 2.45) is 0 Å². The molecule has 1 fully saturated rings. The molecule has 3 heterocycles. The van der Waals surface area contributed by atoms with Crippen molar-refractivity contribution in [1.29, 1.82) is 0 Å². The fourth-order valence-corrected chi connectivity index (χ4v) is 3.54. The van der Waals surface area contributed by atoms with Crippen LogP contribution in [0.4, 0.5) is 5.13 Å². The van der Waals surface area contributed by atoms with Crippen LogP contribution < -0.4 is 5.32 Å². The van der Waals surface area contributed by atoms with Crippen LogP contribution in [-0.2, 0) is 11.2 Å². The predicted molar refractivity (Wildman–Crippen MR) is 86.6 cm³/mol. The lowest BCUT2D eigenvalue weighted by atomic mass is 9.86. The van der Waals surface area contributed by atoms with Gasteiger partial charge in [-0.2, -0.15) is 0 Å². The number of carbonyl (C=O) groups excluding carboxylic acids is 1. The maximum absolute atomic E-state index is 12.2. The molecule has 4 rings (SSSR count). The number of nitrogens with one attached hydrogen (secondary N) is 1. The molecule has 0 atom stereocenters. The fraction of sp³-hybridized carbons (Fsp3) is 0.400. The van der Waals surface area contributed by atoms with E-state index in [1.807, 2.05) is 17.5 Å². The Morgan fingerprint density at radius 2 is 2.26 bits per heavy atom. The molecule has 1 amide bonds. The molecule has 23 heavy (non-hydrogen) atoms. The Labute approximate surface area is 136 Å².